The van der Waals surface area contributed by atoms with E-state index in [2.05, 4.69) is 0 Å². The zero-order valence-electron chi connectivity index (χ0n) is 14.1. The van der Waals surface area contributed by atoms with Gasteiger partial charge >= 0.3 is 6.18 Å². The number of halogens is 3. The third-order valence-corrected chi connectivity index (χ3v) is 5.75. The molecule has 0 atom stereocenters. The summed E-state index contributed by atoms with van der Waals surface area (Å²) in [7, 11) is -3.82. The largest absolute Gasteiger partial charge is 0.393 e. The van der Waals surface area contributed by atoms with Crippen LogP contribution < -0.4 is 5.73 Å². The molecule has 142 valence electrons. The van der Waals surface area contributed by atoms with Crippen molar-refractivity contribution < 1.29 is 21.6 Å². The second-order valence-electron chi connectivity index (χ2n) is 5.86. The summed E-state index contributed by atoms with van der Waals surface area (Å²) in [4.78, 5) is -0.0371. The minimum atomic E-state index is -4.33. The molecule has 8 heteroatoms. The van der Waals surface area contributed by atoms with Crippen molar-refractivity contribution in [3.05, 3.63) is 65.7 Å². The zero-order chi connectivity index (χ0) is 19.2. The number of hydrogen-bond acceptors (Lipinski definition) is 3. The molecule has 0 saturated heterocycles. The van der Waals surface area contributed by atoms with E-state index >= 15 is 0 Å². The van der Waals surface area contributed by atoms with Gasteiger partial charge in [-0.25, -0.2) is 8.42 Å². The predicted octanol–water partition coefficient (Wildman–Crippen LogP) is 2.98. The van der Waals surface area contributed by atoms with Crippen molar-refractivity contribution in [3.63, 3.8) is 0 Å². The van der Waals surface area contributed by atoms with Crippen LogP contribution >= 0.6 is 0 Å². The van der Waals surface area contributed by atoms with Crippen LogP contribution in [0, 0.1) is 0 Å². The summed E-state index contributed by atoms with van der Waals surface area (Å²) < 4.78 is 64.1. The van der Waals surface area contributed by atoms with Gasteiger partial charge in [0.1, 0.15) is 0 Å². The maximum Gasteiger partial charge on any atom is 0.393 e. The van der Waals surface area contributed by atoms with Crippen LogP contribution in [0.1, 0.15) is 11.1 Å². The Labute approximate surface area is 151 Å². The number of hydrogen-bond donors (Lipinski definition) is 1. The van der Waals surface area contributed by atoms with Gasteiger partial charge in [-0.2, -0.15) is 17.5 Å². The third-order valence-electron chi connectivity index (χ3n) is 3.84. The first-order chi connectivity index (χ1) is 12.2. The molecule has 0 aliphatic rings. The van der Waals surface area contributed by atoms with E-state index in [0.29, 0.717) is 6.42 Å². The monoisotopic (exact) mass is 386 g/mol. The first-order valence-corrected chi connectivity index (χ1v) is 9.56. The smallest absolute Gasteiger partial charge is 0.329 e. The van der Waals surface area contributed by atoms with Gasteiger partial charge in [0, 0.05) is 19.6 Å². The first-order valence-electron chi connectivity index (χ1n) is 8.12. The summed E-state index contributed by atoms with van der Waals surface area (Å²) in [6.07, 6.45) is -4.90. The van der Waals surface area contributed by atoms with Gasteiger partial charge in [0.2, 0.25) is 10.0 Å². The number of nitrogens with two attached hydrogens (primary N) is 1. The lowest BCUT2D eigenvalue weighted by molar-refractivity contribution is -0.127. The van der Waals surface area contributed by atoms with Gasteiger partial charge in [-0.15, -0.1) is 0 Å². The first kappa shape index (κ1) is 20.4. The molecule has 2 aromatic carbocycles. The molecule has 26 heavy (non-hydrogen) atoms. The number of nitrogens with zero attached hydrogens (tertiary/aromatic N) is 1. The normalized spacial score (nSPS) is 12.5. The van der Waals surface area contributed by atoms with Crippen LogP contribution in [0.2, 0.25) is 0 Å². The maximum atomic E-state index is 12.8. The van der Waals surface area contributed by atoms with E-state index in [1.807, 2.05) is 30.3 Å². The van der Waals surface area contributed by atoms with Gasteiger partial charge in [0.05, 0.1) is 11.3 Å². The van der Waals surface area contributed by atoms with Crippen LogP contribution in [0.4, 0.5) is 13.2 Å². The molecule has 2 aromatic rings. The van der Waals surface area contributed by atoms with Gasteiger partial charge in [-0.1, -0.05) is 42.5 Å². The lowest BCUT2D eigenvalue weighted by atomic mass is 10.1. The summed E-state index contributed by atoms with van der Waals surface area (Å²) in [5, 5.41) is 0. The number of benzene rings is 2. The van der Waals surface area contributed by atoms with Crippen molar-refractivity contribution in [1.29, 1.82) is 0 Å². The molecule has 0 saturated carbocycles. The average Bonchev–Trinajstić information content (AvgIpc) is 2.58. The van der Waals surface area contributed by atoms with Crippen LogP contribution in [0.25, 0.3) is 0 Å². The minimum absolute atomic E-state index is 0.0195. The van der Waals surface area contributed by atoms with E-state index in [9.17, 15) is 21.6 Å². The molecule has 0 aliphatic carbocycles. The van der Waals surface area contributed by atoms with Crippen molar-refractivity contribution in [1.82, 2.24) is 4.31 Å². The van der Waals surface area contributed by atoms with Crippen LogP contribution in [-0.2, 0) is 22.9 Å². The molecular weight excluding hydrogens is 365 g/mol. The summed E-state index contributed by atoms with van der Waals surface area (Å²) >= 11 is 0. The molecule has 0 fully saturated rings. The second-order valence-corrected chi connectivity index (χ2v) is 7.80. The predicted molar refractivity (Wildman–Crippen MR) is 94.2 cm³/mol. The maximum absolute atomic E-state index is 12.8. The van der Waals surface area contributed by atoms with Crippen LogP contribution in [0.15, 0.2) is 59.5 Å². The highest BCUT2D eigenvalue weighted by molar-refractivity contribution is 7.89. The van der Waals surface area contributed by atoms with Crippen molar-refractivity contribution in [2.24, 2.45) is 5.73 Å². The molecule has 0 heterocycles. The highest BCUT2D eigenvalue weighted by Crippen LogP contribution is 2.23. The van der Waals surface area contributed by atoms with Crippen molar-refractivity contribution in [2.75, 3.05) is 19.6 Å². The Bertz CT molecular complexity index is 791. The SMILES string of the molecule is NCCN(CCc1ccccc1)S(=O)(=O)c1ccc(CC(F)(F)F)cc1. The summed E-state index contributed by atoms with van der Waals surface area (Å²) in [6, 6.07) is 14.2. The Morgan fingerprint density at radius 2 is 1.50 bits per heavy atom. The van der Waals surface area contributed by atoms with Crippen LogP contribution in [0.3, 0.4) is 0 Å². The third kappa shape index (κ3) is 5.82. The molecule has 0 aliphatic heterocycles. The summed E-state index contributed by atoms with van der Waals surface area (Å²) in [5.41, 5.74) is 6.55. The topological polar surface area (TPSA) is 63.4 Å². The molecule has 0 spiro atoms. The Morgan fingerprint density at radius 1 is 0.885 bits per heavy atom. The fraction of sp³-hybridized carbons (Fsp3) is 0.333. The van der Waals surface area contributed by atoms with Gasteiger partial charge in [0.15, 0.2) is 0 Å². The zero-order valence-corrected chi connectivity index (χ0v) is 14.9. The van der Waals surface area contributed by atoms with E-state index in [1.54, 1.807) is 0 Å². The van der Waals surface area contributed by atoms with E-state index in [1.165, 1.54) is 28.6 Å². The molecule has 2 rings (SSSR count). The number of rotatable bonds is 8. The van der Waals surface area contributed by atoms with Crippen molar-refractivity contribution in [2.45, 2.75) is 23.9 Å². The van der Waals surface area contributed by atoms with Gasteiger partial charge in [-0.05, 0) is 29.7 Å². The van der Waals surface area contributed by atoms with E-state index in [0.717, 1.165) is 5.56 Å². The van der Waals surface area contributed by atoms with Gasteiger partial charge in [0.25, 0.3) is 0 Å². The summed E-state index contributed by atoms with van der Waals surface area (Å²) in [6.45, 7) is 0.535. The average molecular weight is 386 g/mol. The molecule has 2 N–H and O–H groups in total. The van der Waals surface area contributed by atoms with Crippen molar-refractivity contribution >= 4 is 10.0 Å². The Balaban J connectivity index is 2.15. The Kier molecular flexibility index (Phi) is 6.80. The quantitative estimate of drug-likeness (QED) is 0.759. The van der Waals surface area contributed by atoms with E-state index in [4.69, 9.17) is 5.73 Å². The lowest BCUT2D eigenvalue weighted by Gasteiger charge is -2.22. The van der Waals surface area contributed by atoms with E-state index in [-0.39, 0.29) is 30.1 Å². The lowest BCUT2D eigenvalue weighted by Crippen LogP contribution is -2.36. The molecule has 4 nitrogen and oxygen atoms in total. The second kappa shape index (κ2) is 8.66. The number of alkyl halides is 3. The molecule has 0 unspecified atom stereocenters. The standard InChI is InChI=1S/C18H21F3N2O2S/c19-18(20,21)14-16-6-8-17(9-7-16)26(24,25)23(13-11-22)12-10-15-4-2-1-3-5-15/h1-9H,10-14,22H2. The van der Waals surface area contributed by atoms with Crippen LogP contribution in [-0.4, -0.2) is 38.5 Å². The van der Waals surface area contributed by atoms with Gasteiger partial charge in [-0.3, -0.25) is 0 Å². The fourth-order valence-electron chi connectivity index (χ4n) is 2.55. The highest BCUT2D eigenvalue weighted by atomic mass is 32.2. The summed E-state index contributed by atoms with van der Waals surface area (Å²) in [5.74, 6) is 0. The van der Waals surface area contributed by atoms with Gasteiger partial charge < -0.3 is 5.73 Å². The molecule has 0 bridgehead atoms. The van der Waals surface area contributed by atoms with Crippen molar-refractivity contribution in [3.8, 4) is 0 Å². The minimum Gasteiger partial charge on any atom is -0.329 e. The Hall–Kier alpha value is -1.90. The molecule has 0 amide bonds. The van der Waals surface area contributed by atoms with E-state index < -0.39 is 22.6 Å². The molecular formula is C18H21F3N2O2S. The Morgan fingerprint density at radius 3 is 2.04 bits per heavy atom. The molecule has 0 radical (unpaired) electrons. The highest BCUT2D eigenvalue weighted by Gasteiger charge is 2.28. The fourth-order valence-corrected chi connectivity index (χ4v) is 4.01. The molecule has 0 aromatic heterocycles. The van der Waals surface area contributed by atoms with Crippen LogP contribution in [0.5, 0.6) is 0 Å². The number of sulfonamides is 1.